The van der Waals surface area contributed by atoms with Crippen LogP contribution >= 0.6 is 0 Å². The summed E-state index contributed by atoms with van der Waals surface area (Å²) in [6, 6.07) is 0. The van der Waals surface area contributed by atoms with Gasteiger partial charge in [-0.25, -0.2) is 4.79 Å². The second-order valence-electron chi connectivity index (χ2n) is 6.16. The standard InChI is InChI=1S/C14H26N2O3/c1-6-14(15-11(2)17)9-7-8-10-16(14)12(18)19-13(3,4)5/h6-10H2,1-5H3,(H,15,17). The smallest absolute Gasteiger partial charge is 0.412 e. The number of nitrogens with zero attached hydrogens (tertiary/aromatic N) is 1. The molecule has 0 saturated carbocycles. The van der Waals surface area contributed by atoms with Crippen LogP contribution in [0, 0.1) is 0 Å². The number of rotatable bonds is 2. The fourth-order valence-electron chi connectivity index (χ4n) is 2.53. The largest absolute Gasteiger partial charge is 0.444 e. The Labute approximate surface area is 115 Å². The number of nitrogens with one attached hydrogen (secondary N) is 1. The van der Waals surface area contributed by atoms with Crippen LogP contribution in [-0.4, -0.2) is 34.7 Å². The molecule has 1 atom stereocenters. The van der Waals surface area contributed by atoms with Crippen LogP contribution in [0.1, 0.15) is 60.3 Å². The van der Waals surface area contributed by atoms with Gasteiger partial charge in [-0.1, -0.05) is 6.92 Å². The van der Waals surface area contributed by atoms with E-state index in [0.717, 1.165) is 19.3 Å². The average molecular weight is 270 g/mol. The van der Waals surface area contributed by atoms with Gasteiger partial charge in [0.05, 0.1) is 0 Å². The highest BCUT2D eigenvalue weighted by atomic mass is 16.6. The van der Waals surface area contributed by atoms with Gasteiger partial charge in [0.1, 0.15) is 11.3 Å². The zero-order valence-electron chi connectivity index (χ0n) is 12.7. The van der Waals surface area contributed by atoms with Crippen LogP contribution in [0.15, 0.2) is 0 Å². The molecule has 2 amide bonds. The Morgan fingerprint density at radius 2 is 1.95 bits per heavy atom. The first kappa shape index (κ1) is 15.8. The molecule has 5 nitrogen and oxygen atoms in total. The van der Waals surface area contributed by atoms with Crippen molar-refractivity contribution in [2.45, 2.75) is 71.6 Å². The number of piperidine rings is 1. The van der Waals surface area contributed by atoms with E-state index in [4.69, 9.17) is 4.74 Å². The summed E-state index contributed by atoms with van der Waals surface area (Å²) < 4.78 is 5.45. The fraction of sp³-hybridized carbons (Fsp3) is 0.857. The van der Waals surface area contributed by atoms with Gasteiger partial charge in [-0.3, -0.25) is 9.69 Å². The second kappa shape index (κ2) is 5.80. The van der Waals surface area contributed by atoms with E-state index in [0.29, 0.717) is 13.0 Å². The lowest BCUT2D eigenvalue weighted by Gasteiger charge is -2.47. The quantitative estimate of drug-likeness (QED) is 0.839. The predicted octanol–water partition coefficient (Wildman–Crippen LogP) is 2.65. The Hall–Kier alpha value is -1.26. The molecule has 0 aromatic rings. The predicted molar refractivity (Wildman–Crippen MR) is 73.6 cm³/mol. The summed E-state index contributed by atoms with van der Waals surface area (Å²) in [4.78, 5) is 25.4. The first-order valence-corrected chi connectivity index (χ1v) is 6.99. The molecule has 1 N–H and O–H groups in total. The summed E-state index contributed by atoms with van der Waals surface area (Å²) in [5.74, 6) is -0.114. The monoisotopic (exact) mass is 270 g/mol. The third-order valence-corrected chi connectivity index (χ3v) is 3.35. The maximum Gasteiger partial charge on any atom is 0.412 e. The van der Waals surface area contributed by atoms with E-state index >= 15 is 0 Å². The maximum absolute atomic E-state index is 12.3. The molecule has 1 heterocycles. The van der Waals surface area contributed by atoms with Crippen molar-refractivity contribution in [3.05, 3.63) is 0 Å². The van der Waals surface area contributed by atoms with Gasteiger partial charge in [0.15, 0.2) is 0 Å². The van der Waals surface area contributed by atoms with Gasteiger partial charge >= 0.3 is 6.09 Å². The van der Waals surface area contributed by atoms with Gasteiger partial charge in [0, 0.05) is 13.5 Å². The minimum absolute atomic E-state index is 0.114. The molecule has 1 rings (SSSR count). The van der Waals surface area contributed by atoms with Gasteiger partial charge in [0.25, 0.3) is 0 Å². The van der Waals surface area contributed by atoms with Gasteiger partial charge < -0.3 is 10.1 Å². The van der Waals surface area contributed by atoms with Gasteiger partial charge in [-0.15, -0.1) is 0 Å². The zero-order chi connectivity index (χ0) is 14.7. The highest BCUT2D eigenvalue weighted by Gasteiger charge is 2.42. The Morgan fingerprint density at radius 1 is 1.32 bits per heavy atom. The van der Waals surface area contributed by atoms with E-state index in [-0.39, 0.29) is 12.0 Å². The number of hydrogen-bond donors (Lipinski definition) is 1. The maximum atomic E-state index is 12.3. The van der Waals surface area contributed by atoms with Crippen molar-refractivity contribution in [2.75, 3.05) is 6.54 Å². The van der Waals surface area contributed by atoms with Crippen LogP contribution in [0.2, 0.25) is 0 Å². The summed E-state index contributed by atoms with van der Waals surface area (Å²) in [5.41, 5.74) is -1.11. The van der Waals surface area contributed by atoms with Crippen LogP contribution in [0.4, 0.5) is 4.79 Å². The molecule has 1 saturated heterocycles. The molecule has 19 heavy (non-hydrogen) atoms. The van der Waals surface area contributed by atoms with Gasteiger partial charge in [-0.05, 0) is 46.5 Å². The first-order valence-electron chi connectivity index (χ1n) is 6.99. The van der Waals surface area contributed by atoms with Crippen molar-refractivity contribution in [3.8, 4) is 0 Å². The van der Waals surface area contributed by atoms with E-state index < -0.39 is 11.3 Å². The van der Waals surface area contributed by atoms with Crippen molar-refractivity contribution in [1.82, 2.24) is 10.2 Å². The van der Waals surface area contributed by atoms with Crippen LogP contribution in [0.5, 0.6) is 0 Å². The zero-order valence-corrected chi connectivity index (χ0v) is 12.7. The minimum atomic E-state index is -0.591. The van der Waals surface area contributed by atoms with Crippen LogP contribution < -0.4 is 5.32 Å². The summed E-state index contributed by atoms with van der Waals surface area (Å²) in [6.07, 6.45) is 3.07. The van der Waals surface area contributed by atoms with E-state index in [1.165, 1.54) is 6.92 Å². The summed E-state index contributed by atoms with van der Waals surface area (Å²) >= 11 is 0. The molecule has 110 valence electrons. The van der Waals surface area contributed by atoms with E-state index in [1.807, 2.05) is 27.7 Å². The molecular formula is C14H26N2O3. The minimum Gasteiger partial charge on any atom is -0.444 e. The Morgan fingerprint density at radius 3 is 2.42 bits per heavy atom. The van der Waals surface area contributed by atoms with Crippen molar-refractivity contribution in [1.29, 1.82) is 0 Å². The number of amides is 2. The van der Waals surface area contributed by atoms with Crippen LogP contribution in [-0.2, 0) is 9.53 Å². The third kappa shape index (κ3) is 4.11. The molecule has 0 aromatic heterocycles. The fourth-order valence-corrected chi connectivity index (χ4v) is 2.53. The van der Waals surface area contributed by atoms with Crippen molar-refractivity contribution in [3.63, 3.8) is 0 Å². The van der Waals surface area contributed by atoms with E-state index in [9.17, 15) is 9.59 Å². The number of carbonyl (C=O) groups is 2. The van der Waals surface area contributed by atoms with Crippen LogP contribution in [0.25, 0.3) is 0 Å². The van der Waals surface area contributed by atoms with E-state index in [2.05, 4.69) is 5.32 Å². The molecule has 1 unspecified atom stereocenters. The molecule has 1 aliphatic heterocycles. The van der Waals surface area contributed by atoms with Crippen molar-refractivity contribution >= 4 is 12.0 Å². The summed E-state index contributed by atoms with van der Waals surface area (Å²) in [5, 5.41) is 2.95. The highest BCUT2D eigenvalue weighted by Crippen LogP contribution is 2.30. The Balaban J connectivity index is 2.92. The Kier molecular flexibility index (Phi) is 4.82. The second-order valence-corrected chi connectivity index (χ2v) is 6.16. The number of carbonyl (C=O) groups excluding carboxylic acids is 2. The van der Waals surface area contributed by atoms with Crippen molar-refractivity contribution < 1.29 is 14.3 Å². The molecule has 0 radical (unpaired) electrons. The molecule has 0 aromatic carbocycles. The SMILES string of the molecule is CCC1(NC(C)=O)CCCCN1C(=O)OC(C)(C)C. The molecule has 5 heteroatoms. The normalized spacial score (nSPS) is 23.9. The van der Waals surface area contributed by atoms with Gasteiger partial charge in [-0.2, -0.15) is 0 Å². The highest BCUT2D eigenvalue weighted by molar-refractivity contribution is 5.76. The number of hydrogen-bond acceptors (Lipinski definition) is 3. The average Bonchev–Trinajstić information content (AvgIpc) is 2.26. The van der Waals surface area contributed by atoms with E-state index in [1.54, 1.807) is 4.90 Å². The molecule has 0 spiro atoms. The molecule has 0 aliphatic carbocycles. The van der Waals surface area contributed by atoms with Crippen LogP contribution in [0.3, 0.4) is 0 Å². The first-order chi connectivity index (χ1) is 8.70. The lowest BCUT2D eigenvalue weighted by molar-refractivity contribution is -0.124. The lowest BCUT2D eigenvalue weighted by Crippen LogP contribution is -2.64. The number of likely N-dealkylation sites (tertiary alicyclic amines) is 1. The third-order valence-electron chi connectivity index (χ3n) is 3.35. The molecule has 0 bridgehead atoms. The molecular weight excluding hydrogens is 244 g/mol. The summed E-state index contributed by atoms with van der Waals surface area (Å²) in [6.45, 7) is 9.64. The lowest BCUT2D eigenvalue weighted by atomic mass is 9.92. The topological polar surface area (TPSA) is 58.6 Å². The van der Waals surface area contributed by atoms with Gasteiger partial charge in [0.2, 0.25) is 5.91 Å². The number of ether oxygens (including phenoxy) is 1. The molecule has 1 fully saturated rings. The molecule has 1 aliphatic rings. The van der Waals surface area contributed by atoms with Crippen molar-refractivity contribution in [2.24, 2.45) is 0 Å². The summed E-state index contributed by atoms with van der Waals surface area (Å²) in [7, 11) is 0. The Bertz CT molecular complexity index is 349.